The zero-order valence-electron chi connectivity index (χ0n) is 20.8. The van der Waals surface area contributed by atoms with Crippen molar-refractivity contribution >= 4 is 23.2 Å². The lowest BCUT2D eigenvalue weighted by Gasteiger charge is -2.38. The van der Waals surface area contributed by atoms with Crippen LogP contribution in [0.4, 0.5) is 5.69 Å². The van der Waals surface area contributed by atoms with Crippen LogP contribution < -0.4 is 14.4 Å². The summed E-state index contributed by atoms with van der Waals surface area (Å²) in [5, 5.41) is 11.3. The number of methoxy groups -OCH3 is 1. The summed E-state index contributed by atoms with van der Waals surface area (Å²) in [6, 6.07) is 18.7. The third-order valence-electron chi connectivity index (χ3n) is 6.59. The van der Waals surface area contributed by atoms with Crippen molar-refractivity contribution in [1.82, 2.24) is 0 Å². The van der Waals surface area contributed by atoms with Crippen LogP contribution in [-0.2, 0) is 16.8 Å². The van der Waals surface area contributed by atoms with Crippen LogP contribution in [0.25, 0.3) is 0 Å². The number of rotatable bonds is 7. The maximum absolute atomic E-state index is 13.6. The normalized spacial score (nSPS) is 17.2. The minimum atomic E-state index is -0.924. The van der Waals surface area contributed by atoms with E-state index in [2.05, 4.69) is 0 Å². The molecule has 5 nitrogen and oxygen atoms in total. The number of aliphatic hydroxyl groups is 1. The Hall–Kier alpha value is -3.02. The van der Waals surface area contributed by atoms with Gasteiger partial charge in [-0.3, -0.25) is 4.79 Å². The smallest absolute Gasteiger partial charge is 0.232 e. The van der Waals surface area contributed by atoms with Gasteiger partial charge < -0.3 is 19.5 Å². The van der Waals surface area contributed by atoms with Crippen molar-refractivity contribution in [1.29, 1.82) is 0 Å². The first-order valence-corrected chi connectivity index (χ1v) is 12.3. The first-order valence-electron chi connectivity index (χ1n) is 11.9. The Kier molecular flexibility index (Phi) is 7.11. The second-order valence-electron chi connectivity index (χ2n) is 9.44. The van der Waals surface area contributed by atoms with Gasteiger partial charge in [-0.15, -0.1) is 0 Å². The van der Waals surface area contributed by atoms with Gasteiger partial charge in [0, 0.05) is 10.7 Å². The van der Waals surface area contributed by atoms with E-state index in [4.69, 9.17) is 21.1 Å². The van der Waals surface area contributed by atoms with Gasteiger partial charge in [0.15, 0.2) is 11.5 Å². The number of amides is 1. The Morgan fingerprint density at radius 3 is 2.31 bits per heavy atom. The highest BCUT2D eigenvalue weighted by molar-refractivity contribution is 6.30. The second kappa shape index (κ2) is 9.92. The summed E-state index contributed by atoms with van der Waals surface area (Å²) < 4.78 is 11.6. The lowest BCUT2D eigenvalue weighted by atomic mass is 9.86. The Balaban J connectivity index is 1.88. The quantitative estimate of drug-likeness (QED) is 0.412. The maximum Gasteiger partial charge on any atom is 0.232 e. The summed E-state index contributed by atoms with van der Waals surface area (Å²) >= 11 is 6.19. The molecule has 1 aliphatic heterocycles. The molecule has 4 rings (SSSR count). The number of benzene rings is 3. The lowest BCUT2D eigenvalue weighted by Crippen LogP contribution is -2.41. The molecule has 3 aromatic carbocycles. The minimum Gasteiger partial charge on any atom is -0.493 e. The zero-order chi connectivity index (χ0) is 25.3. The Morgan fingerprint density at radius 2 is 1.74 bits per heavy atom. The molecule has 0 spiro atoms. The second-order valence-corrected chi connectivity index (χ2v) is 9.87. The zero-order valence-corrected chi connectivity index (χ0v) is 21.6. The number of ether oxygens (including phenoxy) is 2. The van der Waals surface area contributed by atoms with Gasteiger partial charge in [-0.2, -0.15) is 0 Å². The van der Waals surface area contributed by atoms with Crippen LogP contribution in [0.5, 0.6) is 11.5 Å². The number of fused-ring (bicyclic) bond motifs is 1. The van der Waals surface area contributed by atoms with E-state index in [-0.39, 0.29) is 24.5 Å². The predicted octanol–water partition coefficient (Wildman–Crippen LogP) is 6.43. The SMILES string of the molecule is CCC(C)(O)c1ccc(N2C(=O)Cc3cc(OC)c(OC(C)C)cc3[C@@H]2c2ccc(Cl)cc2)cc1. The van der Waals surface area contributed by atoms with E-state index in [0.29, 0.717) is 22.9 Å². The van der Waals surface area contributed by atoms with E-state index < -0.39 is 5.60 Å². The van der Waals surface area contributed by atoms with Crippen molar-refractivity contribution in [3.63, 3.8) is 0 Å². The molecular formula is C29H32ClNO4. The molecule has 1 N–H and O–H groups in total. The number of nitrogens with zero attached hydrogens (tertiary/aromatic N) is 1. The summed E-state index contributed by atoms with van der Waals surface area (Å²) in [6.07, 6.45) is 0.804. The summed E-state index contributed by atoms with van der Waals surface area (Å²) in [5.74, 6) is 1.23. The molecular weight excluding hydrogens is 462 g/mol. The molecule has 0 aromatic heterocycles. The molecule has 1 unspecified atom stereocenters. The fourth-order valence-electron chi connectivity index (χ4n) is 4.51. The van der Waals surface area contributed by atoms with Gasteiger partial charge in [0.1, 0.15) is 0 Å². The monoisotopic (exact) mass is 493 g/mol. The van der Waals surface area contributed by atoms with Crippen LogP contribution in [0, 0.1) is 0 Å². The summed E-state index contributed by atoms with van der Waals surface area (Å²) in [4.78, 5) is 15.4. The molecule has 0 radical (unpaired) electrons. The molecule has 3 aromatic rings. The molecule has 0 saturated carbocycles. The van der Waals surface area contributed by atoms with Crippen LogP contribution in [0.15, 0.2) is 60.7 Å². The fourth-order valence-corrected chi connectivity index (χ4v) is 4.64. The van der Waals surface area contributed by atoms with Crippen molar-refractivity contribution in [2.24, 2.45) is 0 Å². The third-order valence-corrected chi connectivity index (χ3v) is 6.84. The average Bonchev–Trinajstić information content (AvgIpc) is 2.83. The minimum absolute atomic E-state index is 0.0213. The Labute approximate surface area is 212 Å². The summed E-state index contributed by atoms with van der Waals surface area (Å²) in [6.45, 7) is 7.68. The van der Waals surface area contributed by atoms with Gasteiger partial charge in [0.2, 0.25) is 5.91 Å². The number of carbonyl (C=O) groups excluding carboxylic acids is 1. The number of hydrogen-bond acceptors (Lipinski definition) is 4. The van der Waals surface area contributed by atoms with Crippen molar-refractivity contribution in [2.75, 3.05) is 12.0 Å². The van der Waals surface area contributed by atoms with Crippen LogP contribution in [0.2, 0.25) is 5.02 Å². The number of anilines is 1. The fraction of sp³-hybridized carbons (Fsp3) is 0.345. The van der Waals surface area contributed by atoms with E-state index in [9.17, 15) is 9.90 Å². The molecule has 0 bridgehead atoms. The van der Waals surface area contributed by atoms with Gasteiger partial charge in [0.05, 0.1) is 31.3 Å². The van der Waals surface area contributed by atoms with Crippen molar-refractivity contribution in [2.45, 2.75) is 58.3 Å². The lowest BCUT2D eigenvalue weighted by molar-refractivity contribution is -0.118. The third kappa shape index (κ3) is 5.02. The standard InChI is InChI=1S/C29H32ClNO4/c1-6-29(4,33)21-9-13-23(14-10-21)31-27(32)16-20-15-25(34-5)26(35-18(2)3)17-24(20)28(31)19-7-11-22(30)12-8-19/h7-15,17-18,28,33H,6,16H2,1-5H3/t28-,29?/m0/s1. The molecule has 1 heterocycles. The van der Waals surface area contributed by atoms with Gasteiger partial charge in [-0.25, -0.2) is 0 Å². The molecule has 184 valence electrons. The molecule has 2 atom stereocenters. The van der Waals surface area contributed by atoms with Crippen LogP contribution in [0.1, 0.15) is 62.4 Å². The molecule has 0 aliphatic carbocycles. The molecule has 0 fully saturated rings. The number of halogens is 1. The first kappa shape index (κ1) is 25.1. The summed E-state index contributed by atoms with van der Waals surface area (Å²) in [5.41, 5.74) is 3.48. The van der Waals surface area contributed by atoms with Crippen molar-refractivity contribution < 1.29 is 19.4 Å². The Bertz CT molecular complexity index is 1200. The van der Waals surface area contributed by atoms with Gasteiger partial charge in [0.25, 0.3) is 0 Å². The van der Waals surface area contributed by atoms with Crippen molar-refractivity contribution in [3.05, 3.63) is 87.9 Å². The largest absolute Gasteiger partial charge is 0.493 e. The average molecular weight is 494 g/mol. The van der Waals surface area contributed by atoms with E-state index in [1.807, 2.05) is 86.3 Å². The van der Waals surface area contributed by atoms with Gasteiger partial charge >= 0.3 is 0 Å². The van der Waals surface area contributed by atoms with Gasteiger partial charge in [-0.05, 0) is 85.8 Å². The van der Waals surface area contributed by atoms with E-state index in [1.54, 1.807) is 14.0 Å². The highest BCUT2D eigenvalue weighted by atomic mass is 35.5. The topological polar surface area (TPSA) is 59.0 Å². The van der Waals surface area contributed by atoms with Crippen LogP contribution in [0.3, 0.4) is 0 Å². The molecule has 6 heteroatoms. The first-order chi connectivity index (χ1) is 16.6. The van der Waals surface area contributed by atoms with Crippen LogP contribution in [-0.4, -0.2) is 24.2 Å². The molecule has 35 heavy (non-hydrogen) atoms. The Morgan fingerprint density at radius 1 is 1.09 bits per heavy atom. The number of carbonyl (C=O) groups is 1. The highest BCUT2D eigenvalue weighted by Gasteiger charge is 2.36. The molecule has 0 saturated heterocycles. The van der Waals surface area contributed by atoms with Crippen LogP contribution >= 0.6 is 11.6 Å². The highest BCUT2D eigenvalue weighted by Crippen LogP contribution is 2.44. The van der Waals surface area contributed by atoms with Gasteiger partial charge in [-0.1, -0.05) is 42.8 Å². The predicted molar refractivity (Wildman–Crippen MR) is 140 cm³/mol. The van der Waals surface area contributed by atoms with E-state index in [0.717, 1.165) is 27.9 Å². The number of hydrogen-bond donors (Lipinski definition) is 1. The maximum atomic E-state index is 13.6. The summed E-state index contributed by atoms with van der Waals surface area (Å²) in [7, 11) is 1.61. The molecule has 1 amide bonds. The van der Waals surface area contributed by atoms with E-state index >= 15 is 0 Å². The molecule has 1 aliphatic rings. The van der Waals surface area contributed by atoms with Crippen molar-refractivity contribution in [3.8, 4) is 11.5 Å². The van der Waals surface area contributed by atoms with E-state index in [1.165, 1.54) is 0 Å².